The summed E-state index contributed by atoms with van der Waals surface area (Å²) in [6.07, 6.45) is 0. The Bertz CT molecular complexity index is 1050. The second-order valence-electron chi connectivity index (χ2n) is 6.19. The van der Waals surface area contributed by atoms with Gasteiger partial charge in [0.2, 0.25) is 0 Å². The van der Waals surface area contributed by atoms with Crippen molar-refractivity contribution < 1.29 is 19.1 Å². The molecule has 0 unspecified atom stereocenters. The predicted octanol–water partition coefficient (Wildman–Crippen LogP) is 4.43. The minimum atomic E-state index is -0.523. The minimum Gasteiger partial charge on any atom is -0.488 e. The van der Waals surface area contributed by atoms with E-state index < -0.39 is 5.97 Å². The molecule has 142 valence electrons. The molecule has 1 aromatic heterocycles. The molecular weight excluding hydrogens is 398 g/mol. The summed E-state index contributed by atoms with van der Waals surface area (Å²) < 4.78 is 10.9. The molecule has 0 radical (unpaired) electrons. The number of carbonyl (C=O) groups is 2. The number of halogens is 1. The third kappa shape index (κ3) is 3.88. The van der Waals surface area contributed by atoms with Crippen LogP contribution in [-0.2, 0) is 22.7 Å². The van der Waals surface area contributed by atoms with Crippen LogP contribution < -0.4 is 10.1 Å². The summed E-state index contributed by atoms with van der Waals surface area (Å²) in [5, 5.41) is 3.27. The van der Waals surface area contributed by atoms with E-state index in [-0.39, 0.29) is 19.1 Å². The number of benzene rings is 2. The first-order chi connectivity index (χ1) is 13.6. The normalized spacial score (nSPS) is 11.8. The number of carbonyl (C=O) groups excluding carboxylic acids is 2. The lowest BCUT2D eigenvalue weighted by molar-refractivity contribution is -0.124. The highest BCUT2D eigenvalue weighted by molar-refractivity contribution is 7.17. The molecule has 7 heteroatoms. The smallest absolute Gasteiger partial charge is 0.348 e. The van der Waals surface area contributed by atoms with E-state index in [0.29, 0.717) is 16.5 Å². The summed E-state index contributed by atoms with van der Waals surface area (Å²) in [7, 11) is 0. The topological polar surface area (TPSA) is 64.6 Å². The maximum Gasteiger partial charge on any atom is 0.348 e. The average Bonchev–Trinajstić information content (AvgIpc) is 3.16. The van der Waals surface area contributed by atoms with Crippen molar-refractivity contribution in [2.24, 2.45) is 0 Å². The lowest BCUT2D eigenvalue weighted by Gasteiger charge is -2.16. The van der Waals surface area contributed by atoms with Crippen LogP contribution in [0.1, 0.15) is 20.8 Å². The Balaban J connectivity index is 1.36. The SMILES string of the molecule is O=C(COC(=O)c1cc2c(s1)-c1ccccc1OC2)NCc1ccccc1Cl. The van der Waals surface area contributed by atoms with Gasteiger partial charge in [0.25, 0.3) is 5.91 Å². The van der Waals surface area contributed by atoms with Crippen LogP contribution in [0.15, 0.2) is 54.6 Å². The molecule has 0 atom stereocenters. The summed E-state index contributed by atoms with van der Waals surface area (Å²) in [6.45, 7) is 0.338. The molecule has 5 nitrogen and oxygen atoms in total. The third-order valence-electron chi connectivity index (χ3n) is 4.29. The number of hydrogen-bond acceptors (Lipinski definition) is 5. The molecule has 1 amide bonds. The Morgan fingerprint density at radius 2 is 1.93 bits per heavy atom. The second kappa shape index (κ2) is 8.04. The second-order valence-corrected chi connectivity index (χ2v) is 7.65. The van der Waals surface area contributed by atoms with Gasteiger partial charge in [-0.25, -0.2) is 4.79 Å². The van der Waals surface area contributed by atoms with Crippen LogP contribution in [0.2, 0.25) is 5.02 Å². The number of rotatable bonds is 5. The summed E-state index contributed by atoms with van der Waals surface area (Å²) >= 11 is 7.40. The van der Waals surface area contributed by atoms with E-state index in [1.807, 2.05) is 42.5 Å². The zero-order valence-electron chi connectivity index (χ0n) is 14.7. The quantitative estimate of drug-likeness (QED) is 0.628. The maximum absolute atomic E-state index is 12.4. The highest BCUT2D eigenvalue weighted by Crippen LogP contribution is 2.42. The summed E-state index contributed by atoms with van der Waals surface area (Å²) in [5.41, 5.74) is 2.71. The fourth-order valence-electron chi connectivity index (χ4n) is 2.89. The van der Waals surface area contributed by atoms with E-state index in [2.05, 4.69) is 5.32 Å². The lowest BCUT2D eigenvalue weighted by atomic mass is 10.1. The Kier molecular flexibility index (Phi) is 5.32. The highest BCUT2D eigenvalue weighted by atomic mass is 35.5. The summed E-state index contributed by atoms with van der Waals surface area (Å²) in [6, 6.07) is 16.7. The molecule has 2 aromatic carbocycles. The molecule has 0 spiro atoms. The van der Waals surface area contributed by atoms with Crippen molar-refractivity contribution in [3.8, 4) is 16.2 Å². The van der Waals surface area contributed by atoms with Gasteiger partial charge in [-0.2, -0.15) is 0 Å². The Labute approximate surface area is 170 Å². The molecule has 3 aromatic rings. The molecule has 0 aliphatic carbocycles. The first kappa shape index (κ1) is 18.5. The summed E-state index contributed by atoms with van der Waals surface area (Å²) in [5.74, 6) is -0.108. The first-order valence-corrected chi connectivity index (χ1v) is 9.83. The van der Waals surface area contributed by atoms with Crippen LogP contribution in [0.3, 0.4) is 0 Å². The molecule has 1 N–H and O–H groups in total. The number of amides is 1. The van der Waals surface area contributed by atoms with Gasteiger partial charge in [0.15, 0.2) is 6.61 Å². The Hall–Kier alpha value is -2.83. The number of fused-ring (bicyclic) bond motifs is 3. The zero-order valence-corrected chi connectivity index (χ0v) is 16.3. The highest BCUT2D eigenvalue weighted by Gasteiger charge is 2.23. The molecule has 28 heavy (non-hydrogen) atoms. The number of esters is 1. The van der Waals surface area contributed by atoms with Gasteiger partial charge in [-0.05, 0) is 29.8 Å². The van der Waals surface area contributed by atoms with Crippen molar-refractivity contribution in [3.05, 3.63) is 75.6 Å². The number of thiophene rings is 1. The van der Waals surface area contributed by atoms with Gasteiger partial charge in [0.05, 0.1) is 0 Å². The van der Waals surface area contributed by atoms with Crippen LogP contribution in [0.25, 0.3) is 10.4 Å². The summed E-state index contributed by atoms with van der Waals surface area (Å²) in [4.78, 5) is 25.8. The molecule has 0 bridgehead atoms. The molecule has 0 fully saturated rings. The van der Waals surface area contributed by atoms with Gasteiger partial charge in [-0.1, -0.05) is 41.9 Å². The van der Waals surface area contributed by atoms with Gasteiger partial charge >= 0.3 is 5.97 Å². The van der Waals surface area contributed by atoms with Gasteiger partial charge in [-0.3, -0.25) is 4.79 Å². The number of nitrogens with one attached hydrogen (secondary N) is 1. The number of para-hydroxylation sites is 1. The molecule has 2 heterocycles. The maximum atomic E-state index is 12.4. The van der Waals surface area contributed by atoms with Gasteiger partial charge in [-0.15, -0.1) is 11.3 Å². The van der Waals surface area contributed by atoms with Crippen molar-refractivity contribution in [1.29, 1.82) is 0 Å². The number of hydrogen-bond donors (Lipinski definition) is 1. The lowest BCUT2D eigenvalue weighted by Crippen LogP contribution is -2.28. The van der Waals surface area contributed by atoms with Crippen molar-refractivity contribution in [1.82, 2.24) is 5.32 Å². The van der Waals surface area contributed by atoms with E-state index in [1.165, 1.54) is 11.3 Å². The predicted molar refractivity (Wildman–Crippen MR) is 108 cm³/mol. The van der Waals surface area contributed by atoms with Crippen LogP contribution >= 0.6 is 22.9 Å². The fourth-order valence-corrected chi connectivity index (χ4v) is 4.18. The van der Waals surface area contributed by atoms with Crippen LogP contribution in [0.4, 0.5) is 0 Å². The van der Waals surface area contributed by atoms with E-state index >= 15 is 0 Å². The molecule has 1 aliphatic heterocycles. The van der Waals surface area contributed by atoms with Crippen molar-refractivity contribution >= 4 is 34.8 Å². The van der Waals surface area contributed by atoms with Crippen LogP contribution in [0.5, 0.6) is 5.75 Å². The van der Waals surface area contributed by atoms with Crippen molar-refractivity contribution in [3.63, 3.8) is 0 Å². The Morgan fingerprint density at radius 1 is 1.14 bits per heavy atom. The van der Waals surface area contributed by atoms with Crippen molar-refractivity contribution in [2.45, 2.75) is 13.2 Å². The average molecular weight is 414 g/mol. The van der Waals surface area contributed by atoms with Gasteiger partial charge in [0.1, 0.15) is 17.2 Å². The van der Waals surface area contributed by atoms with Crippen LogP contribution in [-0.4, -0.2) is 18.5 Å². The van der Waals surface area contributed by atoms with Crippen LogP contribution in [0, 0.1) is 0 Å². The van der Waals surface area contributed by atoms with E-state index in [4.69, 9.17) is 21.1 Å². The third-order valence-corrected chi connectivity index (χ3v) is 5.85. The van der Waals surface area contributed by atoms with E-state index in [0.717, 1.165) is 27.3 Å². The monoisotopic (exact) mass is 413 g/mol. The largest absolute Gasteiger partial charge is 0.488 e. The molecule has 1 aliphatic rings. The van der Waals surface area contributed by atoms with Gasteiger partial charge < -0.3 is 14.8 Å². The molecule has 0 saturated heterocycles. The fraction of sp³-hybridized carbons (Fsp3) is 0.143. The standard InChI is InChI=1S/C21H16ClNO4S/c22-16-7-3-1-5-13(16)10-23-19(24)12-27-21(25)18-9-14-11-26-17-8-4-2-6-15(17)20(14)28-18/h1-9H,10-12H2,(H,23,24). The molecule has 0 saturated carbocycles. The zero-order chi connectivity index (χ0) is 19.5. The van der Waals surface area contributed by atoms with E-state index in [1.54, 1.807) is 12.1 Å². The van der Waals surface area contributed by atoms with Crippen molar-refractivity contribution in [2.75, 3.05) is 6.61 Å². The minimum absolute atomic E-state index is 0.275. The Morgan fingerprint density at radius 3 is 2.79 bits per heavy atom. The number of ether oxygens (including phenoxy) is 2. The first-order valence-electron chi connectivity index (χ1n) is 8.64. The van der Waals surface area contributed by atoms with E-state index in [9.17, 15) is 9.59 Å². The molecule has 4 rings (SSSR count). The molecular formula is C21H16ClNO4S. The van der Waals surface area contributed by atoms with Gasteiger partial charge in [0, 0.05) is 27.6 Å².